The molecule has 0 spiro atoms. The van der Waals surface area contributed by atoms with Crippen LogP contribution in [0.5, 0.6) is 5.75 Å². The molecule has 0 aromatic heterocycles. The van der Waals surface area contributed by atoms with E-state index in [-0.39, 0.29) is 43.5 Å². The zero-order chi connectivity index (χ0) is 24.5. The number of nitrogens with one attached hydrogen (secondary N) is 2. The minimum Gasteiger partial charge on any atom is -0.489 e. The summed E-state index contributed by atoms with van der Waals surface area (Å²) < 4.78 is 33.5. The Balaban J connectivity index is 1.25. The van der Waals surface area contributed by atoms with Crippen molar-refractivity contribution < 1.29 is 27.9 Å². The van der Waals surface area contributed by atoms with Crippen LogP contribution in [0.25, 0.3) is 0 Å². The lowest BCUT2D eigenvalue weighted by Crippen LogP contribution is -2.52. The van der Waals surface area contributed by atoms with Crippen LogP contribution in [0.2, 0.25) is 0 Å². The maximum atomic E-state index is 14.0. The number of nitrogens with zero attached hydrogens (tertiary/aromatic N) is 1. The molecule has 0 radical (unpaired) electrons. The van der Waals surface area contributed by atoms with Gasteiger partial charge < -0.3 is 15.0 Å². The predicted molar refractivity (Wildman–Crippen MR) is 122 cm³/mol. The van der Waals surface area contributed by atoms with Crippen molar-refractivity contribution >= 4 is 17.7 Å². The van der Waals surface area contributed by atoms with E-state index < -0.39 is 23.6 Å². The molecule has 2 fully saturated rings. The third-order valence-corrected chi connectivity index (χ3v) is 7.05. The summed E-state index contributed by atoms with van der Waals surface area (Å²) >= 11 is 0. The number of imide groups is 1. The summed E-state index contributed by atoms with van der Waals surface area (Å²) in [6.07, 6.45) is 4.15. The van der Waals surface area contributed by atoms with Crippen LogP contribution in [0.1, 0.15) is 60.0 Å². The number of carbonyl (C=O) groups is 3. The van der Waals surface area contributed by atoms with Crippen LogP contribution in [-0.4, -0.2) is 40.8 Å². The van der Waals surface area contributed by atoms with Crippen LogP contribution in [0.15, 0.2) is 36.4 Å². The normalized spacial score (nSPS) is 24.3. The molecule has 1 saturated heterocycles. The second-order valence-corrected chi connectivity index (χ2v) is 9.38. The molecule has 3 atom stereocenters. The van der Waals surface area contributed by atoms with E-state index >= 15 is 0 Å². The summed E-state index contributed by atoms with van der Waals surface area (Å²) in [5.74, 6) is -1.52. The van der Waals surface area contributed by atoms with Gasteiger partial charge in [-0.15, -0.1) is 0 Å². The summed E-state index contributed by atoms with van der Waals surface area (Å²) in [7, 11) is 0. The molecule has 1 aliphatic carbocycles. The first kappa shape index (κ1) is 23.4. The van der Waals surface area contributed by atoms with Crippen molar-refractivity contribution in [3.05, 3.63) is 64.7 Å². The summed E-state index contributed by atoms with van der Waals surface area (Å²) in [6.45, 7) is 0.560. The SMILES string of the molecule is O=C1CCC(N2Cc3cc(O[C@H]4CCCC[C@H]4NCc4ccc(F)cc4F)ccc3C2=O)C(=O)N1. The van der Waals surface area contributed by atoms with E-state index in [1.165, 1.54) is 17.0 Å². The zero-order valence-corrected chi connectivity index (χ0v) is 19.2. The minimum atomic E-state index is -0.657. The average Bonchev–Trinajstić information content (AvgIpc) is 3.15. The second-order valence-electron chi connectivity index (χ2n) is 9.38. The third-order valence-electron chi connectivity index (χ3n) is 7.05. The first-order valence-electron chi connectivity index (χ1n) is 12.0. The smallest absolute Gasteiger partial charge is 0.255 e. The van der Waals surface area contributed by atoms with Gasteiger partial charge in [-0.05, 0) is 55.5 Å². The Kier molecular flexibility index (Phi) is 6.51. The van der Waals surface area contributed by atoms with Crippen LogP contribution in [-0.2, 0) is 22.7 Å². The number of fused-ring (bicyclic) bond motifs is 1. The Bertz CT molecular complexity index is 1170. The lowest BCUT2D eigenvalue weighted by molar-refractivity contribution is -0.136. The van der Waals surface area contributed by atoms with Crippen molar-refractivity contribution in [1.82, 2.24) is 15.5 Å². The van der Waals surface area contributed by atoms with E-state index in [0.717, 1.165) is 37.3 Å². The molecule has 1 unspecified atom stereocenters. The quantitative estimate of drug-likeness (QED) is 0.617. The number of benzene rings is 2. The highest BCUT2D eigenvalue weighted by Crippen LogP contribution is 2.32. The highest BCUT2D eigenvalue weighted by molar-refractivity contribution is 6.05. The van der Waals surface area contributed by atoms with Gasteiger partial charge in [0.05, 0.1) is 0 Å². The van der Waals surface area contributed by atoms with E-state index in [1.54, 1.807) is 12.1 Å². The van der Waals surface area contributed by atoms with Crippen molar-refractivity contribution in [2.75, 3.05) is 0 Å². The van der Waals surface area contributed by atoms with Crippen LogP contribution in [0, 0.1) is 11.6 Å². The topological polar surface area (TPSA) is 87.7 Å². The van der Waals surface area contributed by atoms with Crippen LogP contribution in [0.3, 0.4) is 0 Å². The summed E-state index contributed by atoms with van der Waals surface area (Å²) in [5.41, 5.74) is 1.72. The first-order chi connectivity index (χ1) is 16.9. The van der Waals surface area contributed by atoms with E-state index in [1.807, 2.05) is 6.07 Å². The molecule has 2 N–H and O–H groups in total. The van der Waals surface area contributed by atoms with E-state index in [2.05, 4.69) is 10.6 Å². The molecule has 2 aromatic rings. The zero-order valence-electron chi connectivity index (χ0n) is 19.2. The largest absolute Gasteiger partial charge is 0.489 e. The van der Waals surface area contributed by atoms with Gasteiger partial charge in [-0.2, -0.15) is 0 Å². The van der Waals surface area contributed by atoms with Crippen LogP contribution < -0.4 is 15.4 Å². The highest BCUT2D eigenvalue weighted by atomic mass is 19.1. The molecule has 3 amide bonds. The fourth-order valence-electron chi connectivity index (χ4n) is 5.18. The number of piperidine rings is 1. The standard InChI is InChI=1S/C26H27F2N3O4/c27-17-6-5-15(20(28)12-17)13-29-21-3-1-2-4-23(21)35-18-7-8-19-16(11-18)14-31(26(19)34)22-9-10-24(32)30-25(22)33/h5-8,11-12,21-23,29H,1-4,9-10,13-14H2,(H,30,32,33)/t21-,22?,23+/m1/s1. The van der Waals surface area contributed by atoms with Crippen molar-refractivity contribution in [2.24, 2.45) is 0 Å². The van der Waals surface area contributed by atoms with Gasteiger partial charge in [0.1, 0.15) is 29.5 Å². The Morgan fingerprint density at radius 1 is 1.03 bits per heavy atom. The third kappa shape index (κ3) is 4.91. The van der Waals surface area contributed by atoms with Gasteiger partial charge in [-0.25, -0.2) is 8.78 Å². The Hall–Kier alpha value is -3.33. The molecule has 3 aliphatic rings. The molecular weight excluding hydrogens is 456 g/mol. The fraction of sp³-hybridized carbons (Fsp3) is 0.423. The minimum absolute atomic E-state index is 0.00283. The number of carbonyl (C=O) groups excluding carboxylic acids is 3. The lowest BCUT2D eigenvalue weighted by Gasteiger charge is -2.33. The number of hydrogen-bond donors (Lipinski definition) is 2. The molecule has 2 aliphatic heterocycles. The van der Waals surface area contributed by atoms with Gasteiger partial charge in [-0.3, -0.25) is 19.7 Å². The van der Waals surface area contributed by atoms with Crippen molar-refractivity contribution in [3.63, 3.8) is 0 Å². The van der Waals surface area contributed by atoms with Gasteiger partial charge in [0, 0.05) is 42.7 Å². The van der Waals surface area contributed by atoms with E-state index in [9.17, 15) is 23.2 Å². The molecule has 7 nitrogen and oxygen atoms in total. The monoisotopic (exact) mass is 483 g/mol. The predicted octanol–water partition coefficient (Wildman–Crippen LogP) is 3.21. The number of halogens is 2. The molecule has 184 valence electrons. The van der Waals surface area contributed by atoms with E-state index in [0.29, 0.717) is 23.3 Å². The average molecular weight is 484 g/mol. The van der Waals surface area contributed by atoms with Crippen LogP contribution >= 0.6 is 0 Å². The Morgan fingerprint density at radius 3 is 2.66 bits per heavy atom. The number of ether oxygens (including phenoxy) is 1. The molecule has 2 aromatic carbocycles. The molecule has 2 heterocycles. The Morgan fingerprint density at radius 2 is 1.86 bits per heavy atom. The molecule has 0 bridgehead atoms. The van der Waals surface area contributed by atoms with Gasteiger partial charge in [-0.1, -0.05) is 12.5 Å². The van der Waals surface area contributed by atoms with Gasteiger partial charge in [0.15, 0.2) is 0 Å². The summed E-state index contributed by atoms with van der Waals surface area (Å²) in [6, 6.07) is 8.24. The van der Waals surface area contributed by atoms with Crippen molar-refractivity contribution in [3.8, 4) is 5.75 Å². The van der Waals surface area contributed by atoms with Crippen molar-refractivity contribution in [1.29, 1.82) is 0 Å². The lowest BCUT2D eigenvalue weighted by atomic mass is 9.92. The summed E-state index contributed by atoms with van der Waals surface area (Å²) in [5, 5.41) is 5.67. The van der Waals surface area contributed by atoms with Gasteiger partial charge >= 0.3 is 0 Å². The van der Waals surface area contributed by atoms with Crippen molar-refractivity contribution in [2.45, 2.75) is 69.8 Å². The molecular formula is C26H27F2N3O4. The molecule has 1 saturated carbocycles. The maximum Gasteiger partial charge on any atom is 0.255 e. The fourth-order valence-corrected chi connectivity index (χ4v) is 5.18. The maximum absolute atomic E-state index is 14.0. The molecule has 5 rings (SSSR count). The molecule has 35 heavy (non-hydrogen) atoms. The van der Waals surface area contributed by atoms with Crippen LogP contribution in [0.4, 0.5) is 8.78 Å². The van der Waals surface area contributed by atoms with Gasteiger partial charge in [0.2, 0.25) is 11.8 Å². The van der Waals surface area contributed by atoms with E-state index in [4.69, 9.17) is 4.74 Å². The Labute approximate surface area is 201 Å². The summed E-state index contributed by atoms with van der Waals surface area (Å²) in [4.78, 5) is 38.1. The number of amides is 3. The number of hydrogen-bond acceptors (Lipinski definition) is 5. The number of rotatable bonds is 6. The first-order valence-corrected chi connectivity index (χ1v) is 12.0. The van der Waals surface area contributed by atoms with Gasteiger partial charge in [0.25, 0.3) is 5.91 Å². The molecule has 9 heteroatoms. The second kappa shape index (κ2) is 9.73. The highest BCUT2D eigenvalue weighted by Gasteiger charge is 2.39.